The molecule has 0 radical (unpaired) electrons. The van der Waals surface area contributed by atoms with E-state index in [0.717, 1.165) is 0 Å². The fraction of sp³-hybridized carbons (Fsp3) is 0.200. The van der Waals surface area contributed by atoms with E-state index in [2.05, 4.69) is 5.10 Å². The second-order valence-electron chi connectivity index (χ2n) is 2.09. The van der Waals surface area contributed by atoms with Crippen LogP contribution in [0.2, 0.25) is 0 Å². The van der Waals surface area contributed by atoms with E-state index in [1.54, 1.807) is 0 Å². The van der Waals surface area contributed by atoms with Crippen molar-refractivity contribution in [1.82, 2.24) is 9.78 Å². The Morgan fingerprint density at radius 3 is 2.92 bits per heavy atom. The van der Waals surface area contributed by atoms with Crippen LogP contribution in [0.5, 0.6) is 0 Å². The zero-order valence-corrected chi connectivity index (χ0v) is 6.82. The summed E-state index contributed by atoms with van der Waals surface area (Å²) in [5, 5.41) is 3.64. The van der Waals surface area contributed by atoms with Crippen molar-refractivity contribution in [3.8, 4) is 0 Å². The zero-order chi connectivity index (χ0) is 9.14. The first kappa shape index (κ1) is 8.88. The van der Waals surface area contributed by atoms with Crippen molar-refractivity contribution in [2.75, 3.05) is 0 Å². The summed E-state index contributed by atoms with van der Waals surface area (Å²) in [6, 6.07) is 0. The Morgan fingerprint density at radius 2 is 2.50 bits per heavy atom. The molecule has 0 aliphatic heterocycles. The average molecular weight is 189 g/mol. The number of amides is 1. The van der Waals surface area contributed by atoms with Crippen molar-refractivity contribution >= 4 is 17.0 Å². The monoisotopic (exact) mass is 189 g/mol. The van der Waals surface area contributed by atoms with Gasteiger partial charge in [-0.1, -0.05) is 0 Å². The second-order valence-corrected chi connectivity index (χ2v) is 3.06. The minimum atomic E-state index is -2.06. The van der Waals surface area contributed by atoms with Gasteiger partial charge in [0.25, 0.3) is 0 Å². The van der Waals surface area contributed by atoms with E-state index in [0.29, 0.717) is 0 Å². The van der Waals surface area contributed by atoms with E-state index in [9.17, 15) is 9.00 Å². The molecule has 1 aromatic heterocycles. The molecule has 1 atom stereocenters. The Hall–Kier alpha value is -1.21. The minimum Gasteiger partial charge on any atom is -0.368 e. The number of hydrogen-bond acceptors (Lipinski definition) is 3. The van der Waals surface area contributed by atoms with Gasteiger partial charge in [-0.05, 0) is 0 Å². The Bertz CT molecular complexity index is 321. The lowest BCUT2D eigenvalue weighted by atomic mass is 10.6. The van der Waals surface area contributed by atoms with Crippen molar-refractivity contribution in [2.45, 2.75) is 11.4 Å². The molecule has 12 heavy (non-hydrogen) atoms. The predicted octanol–water partition coefficient (Wildman–Crippen LogP) is -1.05. The highest BCUT2D eigenvalue weighted by molar-refractivity contribution is 7.79. The molecule has 6 nitrogen and oxygen atoms in total. The molecule has 1 rings (SSSR count). The molecule has 0 spiro atoms. The first-order valence-electron chi connectivity index (χ1n) is 3.01. The summed E-state index contributed by atoms with van der Waals surface area (Å²) in [6.45, 7) is -0.0861. The summed E-state index contributed by atoms with van der Waals surface area (Å²) < 4.78 is 20.2. The predicted molar refractivity (Wildman–Crippen MR) is 40.5 cm³/mol. The number of carbonyl (C=O) groups excluding carboxylic acids is 1. The summed E-state index contributed by atoms with van der Waals surface area (Å²) >= 11 is -2.06. The van der Waals surface area contributed by atoms with E-state index in [-0.39, 0.29) is 11.4 Å². The number of rotatable bonds is 3. The third-order valence-corrected chi connectivity index (χ3v) is 1.74. The minimum absolute atomic E-state index is 0.0861. The molecule has 0 saturated carbocycles. The summed E-state index contributed by atoms with van der Waals surface area (Å²) in [4.78, 5) is 10.5. The van der Waals surface area contributed by atoms with Crippen molar-refractivity contribution < 1.29 is 13.6 Å². The van der Waals surface area contributed by atoms with Crippen LogP contribution in [0.1, 0.15) is 0 Å². The highest BCUT2D eigenvalue weighted by Crippen LogP contribution is 2.01. The number of hydrogen-bond donors (Lipinski definition) is 2. The summed E-state index contributed by atoms with van der Waals surface area (Å²) in [5.41, 5.74) is 4.87. The number of nitrogens with zero attached hydrogens (tertiary/aromatic N) is 2. The van der Waals surface area contributed by atoms with Gasteiger partial charge < -0.3 is 10.3 Å². The van der Waals surface area contributed by atoms with Gasteiger partial charge in [-0.25, -0.2) is 4.21 Å². The topological polar surface area (TPSA) is 98.2 Å². The number of aromatic nitrogens is 2. The standard InChI is InChI=1S/C5H7N3O3S/c6-5(9)3-8-2-4(1-7-8)12(10)11/h1-2H,3H2,(H2,6,9)(H,10,11). The Morgan fingerprint density at radius 1 is 1.83 bits per heavy atom. The van der Waals surface area contributed by atoms with Gasteiger partial charge in [-0.3, -0.25) is 9.48 Å². The van der Waals surface area contributed by atoms with Gasteiger partial charge in [0.1, 0.15) is 11.4 Å². The van der Waals surface area contributed by atoms with E-state index in [1.807, 2.05) is 0 Å². The smallest absolute Gasteiger partial charge is 0.239 e. The molecule has 0 aliphatic carbocycles. The van der Waals surface area contributed by atoms with Crippen LogP contribution in [-0.2, 0) is 22.4 Å². The zero-order valence-electron chi connectivity index (χ0n) is 6.01. The van der Waals surface area contributed by atoms with Crippen LogP contribution in [0.25, 0.3) is 0 Å². The first-order chi connectivity index (χ1) is 5.59. The maximum atomic E-state index is 10.4. The maximum Gasteiger partial charge on any atom is 0.239 e. The molecule has 0 bridgehead atoms. The lowest BCUT2D eigenvalue weighted by Crippen LogP contribution is -2.18. The molecule has 1 amide bonds. The van der Waals surface area contributed by atoms with Crippen LogP contribution >= 0.6 is 0 Å². The Kier molecular flexibility index (Phi) is 2.56. The van der Waals surface area contributed by atoms with Crippen LogP contribution in [0, 0.1) is 0 Å². The molecule has 0 fully saturated rings. The van der Waals surface area contributed by atoms with E-state index in [1.165, 1.54) is 17.1 Å². The van der Waals surface area contributed by atoms with Gasteiger partial charge >= 0.3 is 0 Å². The first-order valence-corrected chi connectivity index (χ1v) is 4.12. The quantitative estimate of drug-likeness (QED) is 0.592. The van der Waals surface area contributed by atoms with Crippen LogP contribution < -0.4 is 5.73 Å². The van der Waals surface area contributed by atoms with Crippen LogP contribution in [0.4, 0.5) is 0 Å². The molecule has 66 valence electrons. The van der Waals surface area contributed by atoms with Gasteiger partial charge in [-0.2, -0.15) is 5.10 Å². The van der Waals surface area contributed by atoms with Crippen molar-refractivity contribution in [3.05, 3.63) is 12.4 Å². The highest BCUT2D eigenvalue weighted by Gasteiger charge is 2.04. The normalized spacial score (nSPS) is 12.8. The molecule has 0 saturated heterocycles. The molecule has 3 N–H and O–H groups in total. The lowest BCUT2D eigenvalue weighted by Gasteiger charge is -1.93. The van der Waals surface area contributed by atoms with E-state index in [4.69, 9.17) is 10.3 Å². The average Bonchev–Trinajstić information content (AvgIpc) is 2.34. The van der Waals surface area contributed by atoms with Gasteiger partial charge in [0.15, 0.2) is 11.1 Å². The molecule has 0 aliphatic rings. The van der Waals surface area contributed by atoms with E-state index >= 15 is 0 Å². The van der Waals surface area contributed by atoms with Crippen LogP contribution in [0.15, 0.2) is 17.3 Å². The van der Waals surface area contributed by atoms with Crippen molar-refractivity contribution in [2.24, 2.45) is 5.73 Å². The third kappa shape index (κ3) is 2.14. The molecule has 1 heterocycles. The van der Waals surface area contributed by atoms with Gasteiger partial charge in [0.05, 0.1) is 6.20 Å². The number of primary amides is 1. The molecule has 1 aromatic rings. The summed E-state index contributed by atoms with van der Waals surface area (Å²) in [6.07, 6.45) is 2.50. The van der Waals surface area contributed by atoms with Crippen LogP contribution in [0.3, 0.4) is 0 Å². The molecule has 0 aromatic carbocycles. The van der Waals surface area contributed by atoms with E-state index < -0.39 is 17.0 Å². The molecular formula is C5H7N3O3S. The number of carbonyl (C=O) groups is 1. The second kappa shape index (κ2) is 3.46. The third-order valence-electron chi connectivity index (χ3n) is 1.13. The fourth-order valence-corrected chi connectivity index (χ4v) is 1.03. The lowest BCUT2D eigenvalue weighted by molar-refractivity contribution is -0.118. The summed E-state index contributed by atoms with van der Waals surface area (Å²) in [7, 11) is 0. The fourth-order valence-electron chi connectivity index (χ4n) is 0.681. The molecule has 7 heteroatoms. The number of nitrogens with two attached hydrogens (primary N) is 1. The summed E-state index contributed by atoms with van der Waals surface area (Å²) in [5.74, 6) is -0.548. The Balaban J connectivity index is 2.77. The Labute approximate surface area is 70.6 Å². The van der Waals surface area contributed by atoms with Crippen LogP contribution in [-0.4, -0.2) is 24.4 Å². The molecular weight excluding hydrogens is 182 g/mol. The van der Waals surface area contributed by atoms with Crippen molar-refractivity contribution in [3.63, 3.8) is 0 Å². The highest BCUT2D eigenvalue weighted by atomic mass is 32.2. The SMILES string of the molecule is NC(=O)Cn1cc(S(=O)O)cn1. The largest absolute Gasteiger partial charge is 0.368 e. The molecule has 1 unspecified atom stereocenters. The van der Waals surface area contributed by atoms with Gasteiger partial charge in [0.2, 0.25) is 5.91 Å². The van der Waals surface area contributed by atoms with Gasteiger partial charge in [-0.15, -0.1) is 0 Å². The van der Waals surface area contributed by atoms with Gasteiger partial charge in [0, 0.05) is 6.20 Å². The maximum absolute atomic E-state index is 10.4. The van der Waals surface area contributed by atoms with Crippen molar-refractivity contribution in [1.29, 1.82) is 0 Å².